The molecule has 0 radical (unpaired) electrons. The maximum absolute atomic E-state index is 9.91. The fraction of sp³-hybridized carbons (Fsp3) is 0.417. The van der Waals surface area contributed by atoms with Gasteiger partial charge in [0.2, 0.25) is 0 Å². The van der Waals surface area contributed by atoms with E-state index in [2.05, 4.69) is 15.0 Å². The zero-order valence-electron chi connectivity index (χ0n) is 9.55. The highest BCUT2D eigenvalue weighted by atomic mass is 32.1. The van der Waals surface area contributed by atoms with Gasteiger partial charge in [0.1, 0.15) is 16.5 Å². The van der Waals surface area contributed by atoms with Gasteiger partial charge in [-0.15, -0.1) is 11.3 Å². The first-order valence-electron chi connectivity index (χ1n) is 5.72. The Balaban J connectivity index is 2.05. The first-order valence-corrected chi connectivity index (χ1v) is 6.53. The van der Waals surface area contributed by atoms with E-state index in [1.807, 2.05) is 13.0 Å². The number of aliphatic hydroxyl groups is 1. The Morgan fingerprint density at radius 3 is 3.06 bits per heavy atom. The van der Waals surface area contributed by atoms with Crippen molar-refractivity contribution in [2.75, 3.05) is 0 Å². The number of hydrogen-bond acceptors (Lipinski definition) is 5. The summed E-state index contributed by atoms with van der Waals surface area (Å²) in [4.78, 5) is 14.0. The molecular formula is C12H13N3OS. The molecule has 1 atom stereocenters. The third-order valence-corrected chi connectivity index (χ3v) is 4.14. The standard InChI is InChI=1S/C12H13N3OS/c1-7-13-6-5-9(14-7)12-15-8-3-2-4-10(16)11(8)17-12/h5-6,10,16H,2-4H2,1H3. The lowest BCUT2D eigenvalue weighted by Gasteiger charge is -2.14. The molecule has 0 bridgehead atoms. The number of fused-ring (bicyclic) bond motifs is 1. The average molecular weight is 247 g/mol. The maximum Gasteiger partial charge on any atom is 0.142 e. The Hall–Kier alpha value is -1.33. The molecule has 1 unspecified atom stereocenters. The van der Waals surface area contributed by atoms with E-state index in [4.69, 9.17) is 0 Å². The summed E-state index contributed by atoms with van der Waals surface area (Å²) in [7, 11) is 0. The predicted molar refractivity (Wildman–Crippen MR) is 65.8 cm³/mol. The van der Waals surface area contributed by atoms with Crippen molar-refractivity contribution < 1.29 is 5.11 Å². The summed E-state index contributed by atoms with van der Waals surface area (Å²) in [5, 5.41) is 10.8. The van der Waals surface area contributed by atoms with Crippen molar-refractivity contribution in [1.29, 1.82) is 0 Å². The Labute approximate surface area is 103 Å². The Morgan fingerprint density at radius 2 is 2.29 bits per heavy atom. The molecule has 0 fully saturated rings. The van der Waals surface area contributed by atoms with E-state index in [9.17, 15) is 5.11 Å². The van der Waals surface area contributed by atoms with Gasteiger partial charge in [0, 0.05) is 6.20 Å². The highest BCUT2D eigenvalue weighted by Crippen LogP contribution is 2.37. The normalized spacial score (nSPS) is 19.1. The van der Waals surface area contributed by atoms with E-state index in [0.29, 0.717) is 0 Å². The van der Waals surface area contributed by atoms with Gasteiger partial charge in [-0.2, -0.15) is 0 Å². The molecule has 2 aromatic rings. The lowest BCUT2D eigenvalue weighted by molar-refractivity contribution is 0.160. The van der Waals surface area contributed by atoms with Crippen LogP contribution in [0.5, 0.6) is 0 Å². The zero-order chi connectivity index (χ0) is 11.8. The molecule has 1 aliphatic carbocycles. The van der Waals surface area contributed by atoms with Crippen LogP contribution in [0.25, 0.3) is 10.7 Å². The van der Waals surface area contributed by atoms with Gasteiger partial charge in [0.05, 0.1) is 16.7 Å². The molecule has 1 aliphatic rings. The van der Waals surface area contributed by atoms with Crippen molar-refractivity contribution in [3.8, 4) is 10.7 Å². The van der Waals surface area contributed by atoms with Crippen LogP contribution in [-0.4, -0.2) is 20.1 Å². The minimum Gasteiger partial charge on any atom is -0.388 e. The van der Waals surface area contributed by atoms with Crippen molar-refractivity contribution in [1.82, 2.24) is 15.0 Å². The smallest absolute Gasteiger partial charge is 0.142 e. The van der Waals surface area contributed by atoms with Gasteiger partial charge in [0.15, 0.2) is 0 Å². The molecule has 4 nitrogen and oxygen atoms in total. The van der Waals surface area contributed by atoms with Crippen LogP contribution in [0.2, 0.25) is 0 Å². The predicted octanol–water partition coefficient (Wildman–Crippen LogP) is 2.28. The summed E-state index contributed by atoms with van der Waals surface area (Å²) < 4.78 is 0. The van der Waals surface area contributed by atoms with Gasteiger partial charge in [0.25, 0.3) is 0 Å². The van der Waals surface area contributed by atoms with Gasteiger partial charge in [-0.1, -0.05) is 0 Å². The van der Waals surface area contributed by atoms with E-state index in [1.54, 1.807) is 17.5 Å². The monoisotopic (exact) mass is 247 g/mol. The van der Waals surface area contributed by atoms with Gasteiger partial charge >= 0.3 is 0 Å². The van der Waals surface area contributed by atoms with E-state index in [1.165, 1.54) is 0 Å². The van der Waals surface area contributed by atoms with Crippen molar-refractivity contribution in [3.05, 3.63) is 28.7 Å². The highest BCUT2D eigenvalue weighted by Gasteiger charge is 2.23. The minimum absolute atomic E-state index is 0.340. The number of rotatable bonds is 1. The van der Waals surface area contributed by atoms with Crippen molar-refractivity contribution >= 4 is 11.3 Å². The molecule has 17 heavy (non-hydrogen) atoms. The number of hydrogen-bond donors (Lipinski definition) is 1. The summed E-state index contributed by atoms with van der Waals surface area (Å²) >= 11 is 1.55. The molecule has 0 saturated heterocycles. The molecule has 0 saturated carbocycles. The summed E-state index contributed by atoms with van der Waals surface area (Å²) in [6.07, 6.45) is 4.23. The number of thiazole rings is 1. The fourth-order valence-corrected chi connectivity index (χ4v) is 3.18. The summed E-state index contributed by atoms with van der Waals surface area (Å²) in [6.45, 7) is 1.87. The molecule has 1 N–H and O–H groups in total. The van der Waals surface area contributed by atoms with E-state index in [-0.39, 0.29) is 6.10 Å². The van der Waals surface area contributed by atoms with Crippen LogP contribution in [0.1, 0.15) is 35.3 Å². The van der Waals surface area contributed by atoms with Crippen LogP contribution < -0.4 is 0 Å². The Morgan fingerprint density at radius 1 is 1.41 bits per heavy atom. The van der Waals surface area contributed by atoms with Crippen LogP contribution in [-0.2, 0) is 6.42 Å². The van der Waals surface area contributed by atoms with E-state index in [0.717, 1.165) is 46.4 Å². The van der Waals surface area contributed by atoms with Gasteiger partial charge in [-0.25, -0.2) is 15.0 Å². The number of aromatic nitrogens is 3. The molecule has 0 aromatic carbocycles. The largest absolute Gasteiger partial charge is 0.388 e. The third-order valence-electron chi connectivity index (χ3n) is 2.92. The van der Waals surface area contributed by atoms with Crippen molar-refractivity contribution in [2.24, 2.45) is 0 Å². The van der Waals surface area contributed by atoms with E-state index < -0.39 is 0 Å². The quantitative estimate of drug-likeness (QED) is 0.840. The lowest BCUT2D eigenvalue weighted by atomic mass is 10.0. The van der Waals surface area contributed by atoms with Crippen LogP contribution in [0.15, 0.2) is 12.3 Å². The third kappa shape index (κ3) is 1.96. The van der Waals surface area contributed by atoms with Crippen molar-refractivity contribution in [3.63, 3.8) is 0 Å². The second kappa shape index (κ2) is 4.16. The zero-order valence-corrected chi connectivity index (χ0v) is 10.4. The first kappa shape index (κ1) is 10.8. The highest BCUT2D eigenvalue weighted by molar-refractivity contribution is 7.15. The van der Waals surface area contributed by atoms with Gasteiger partial charge < -0.3 is 5.11 Å². The fourth-order valence-electron chi connectivity index (χ4n) is 2.08. The summed E-state index contributed by atoms with van der Waals surface area (Å²) in [5.74, 6) is 0.747. The first-order chi connectivity index (χ1) is 8.24. The molecule has 0 aliphatic heterocycles. The van der Waals surface area contributed by atoms with E-state index >= 15 is 0 Å². The second-order valence-corrected chi connectivity index (χ2v) is 5.26. The molecule has 88 valence electrons. The Bertz CT molecular complexity index is 552. The topological polar surface area (TPSA) is 58.9 Å². The summed E-state index contributed by atoms with van der Waals surface area (Å²) in [6, 6.07) is 1.86. The van der Waals surface area contributed by atoms with Crippen LogP contribution in [0.3, 0.4) is 0 Å². The average Bonchev–Trinajstić information content (AvgIpc) is 2.74. The molecule has 0 spiro atoms. The van der Waals surface area contributed by atoms with Crippen molar-refractivity contribution in [2.45, 2.75) is 32.3 Å². The van der Waals surface area contributed by atoms with Crippen LogP contribution in [0.4, 0.5) is 0 Å². The molecule has 0 amide bonds. The molecule has 2 heterocycles. The second-order valence-electron chi connectivity index (χ2n) is 4.23. The van der Waals surface area contributed by atoms with Crippen LogP contribution in [0, 0.1) is 6.92 Å². The number of nitrogens with zero attached hydrogens (tertiary/aromatic N) is 3. The SMILES string of the molecule is Cc1nccc(-c2nc3c(s2)C(O)CCC3)n1. The van der Waals surface area contributed by atoms with Gasteiger partial charge in [-0.3, -0.25) is 0 Å². The maximum atomic E-state index is 9.91. The summed E-state index contributed by atoms with van der Waals surface area (Å²) in [5.41, 5.74) is 1.89. The number of aryl methyl sites for hydroxylation is 2. The van der Waals surface area contributed by atoms with Gasteiger partial charge in [-0.05, 0) is 32.3 Å². The van der Waals surface area contributed by atoms with Crippen LogP contribution >= 0.6 is 11.3 Å². The molecule has 5 heteroatoms. The Kier molecular flexibility index (Phi) is 2.64. The minimum atomic E-state index is -0.340. The lowest BCUT2D eigenvalue weighted by Crippen LogP contribution is -2.06. The molecule has 2 aromatic heterocycles. The number of aliphatic hydroxyl groups excluding tert-OH is 1. The molecular weight excluding hydrogens is 234 g/mol. The molecule has 3 rings (SSSR count).